The summed E-state index contributed by atoms with van der Waals surface area (Å²) in [5, 5.41) is 29.8. The lowest BCUT2D eigenvalue weighted by Crippen LogP contribution is -2.74. The van der Waals surface area contributed by atoms with E-state index in [1.54, 1.807) is 5.38 Å². The smallest absolute Gasteiger partial charge is 0.313 e. The van der Waals surface area contributed by atoms with Crippen molar-refractivity contribution in [2.24, 2.45) is 16.3 Å². The zero-order valence-corrected chi connectivity index (χ0v) is 21.8. The number of tetrazole rings is 1. The van der Waals surface area contributed by atoms with Crippen LogP contribution in [-0.2, 0) is 25.8 Å². The fourth-order valence-corrected chi connectivity index (χ4v) is 6.95. The van der Waals surface area contributed by atoms with E-state index in [-0.39, 0.29) is 41.2 Å². The molecule has 2 unspecified atom stereocenters. The summed E-state index contributed by atoms with van der Waals surface area (Å²) in [6, 6.07) is -0.852. The molecule has 2 amide bonds. The average molecular weight is 569 g/mol. The summed E-state index contributed by atoms with van der Waals surface area (Å²) >= 11 is 3.61. The van der Waals surface area contributed by atoms with E-state index in [2.05, 4.69) is 37.6 Å². The van der Waals surface area contributed by atoms with Crippen LogP contribution in [-0.4, -0.2) is 101 Å². The van der Waals surface area contributed by atoms with E-state index in [1.807, 2.05) is 0 Å². The summed E-state index contributed by atoms with van der Waals surface area (Å²) in [6.07, 6.45) is 1.46. The fourth-order valence-electron chi connectivity index (χ4n) is 3.64. The molecule has 2 aromatic rings. The average Bonchev–Trinajstić information content (AvgIpc) is 3.52. The summed E-state index contributed by atoms with van der Waals surface area (Å²) in [6.45, 7) is 4.32. The number of nitrogen functional groups attached to an aromatic ring is 1. The zero-order valence-electron chi connectivity index (χ0n) is 19.3. The number of β-lactam (4-membered cyclic amide) rings is 1. The molecule has 3 atom stereocenters. The summed E-state index contributed by atoms with van der Waals surface area (Å²) < 4.78 is 1.51. The molecular formula is C19H24N10O5S3. The molecule has 0 radical (unpaired) electrons. The van der Waals surface area contributed by atoms with Gasteiger partial charge in [-0.25, -0.2) is 9.67 Å². The number of carboxylic acid groups (broad SMARTS) is 1. The monoisotopic (exact) mass is 568 g/mol. The number of hydrogen-bond donors (Lipinski definition) is 4. The van der Waals surface area contributed by atoms with Crippen LogP contribution in [0.2, 0.25) is 0 Å². The lowest BCUT2D eigenvalue weighted by atomic mass is 9.89. The van der Waals surface area contributed by atoms with Gasteiger partial charge in [0.1, 0.15) is 29.1 Å². The second kappa shape index (κ2) is 11.4. The number of nitrogens with one attached hydrogen (secondary N) is 1. The van der Waals surface area contributed by atoms with Crippen LogP contribution in [0.15, 0.2) is 28.3 Å². The van der Waals surface area contributed by atoms with E-state index in [0.29, 0.717) is 18.2 Å². The van der Waals surface area contributed by atoms with Crippen LogP contribution in [0.3, 0.4) is 0 Å². The second-order valence-electron chi connectivity index (χ2n) is 8.06. The van der Waals surface area contributed by atoms with Gasteiger partial charge in [0, 0.05) is 30.0 Å². The van der Waals surface area contributed by atoms with E-state index < -0.39 is 34.6 Å². The second-order valence-corrected chi connectivity index (χ2v) is 11.0. The minimum Gasteiger partial charge on any atom is -0.481 e. The molecule has 0 aliphatic carbocycles. The number of rotatable bonds is 12. The molecule has 4 rings (SSSR count). The maximum Gasteiger partial charge on any atom is 0.313 e. The lowest BCUT2D eigenvalue weighted by Gasteiger charge is -2.53. The third-order valence-corrected chi connectivity index (χ3v) is 9.04. The molecule has 2 aliphatic heterocycles. The number of oxime groups is 1. The van der Waals surface area contributed by atoms with Crippen molar-refractivity contribution in [2.75, 3.05) is 36.9 Å². The predicted octanol–water partition coefficient (Wildman–Crippen LogP) is -1.16. The van der Waals surface area contributed by atoms with Gasteiger partial charge in [-0.1, -0.05) is 29.6 Å². The van der Waals surface area contributed by atoms with Gasteiger partial charge in [0.15, 0.2) is 10.8 Å². The lowest BCUT2D eigenvalue weighted by molar-refractivity contribution is -0.157. The molecule has 4 heterocycles. The van der Waals surface area contributed by atoms with Gasteiger partial charge < -0.3 is 31.6 Å². The number of amides is 2. The number of carbonyl (C=O) groups is 3. The first-order valence-corrected chi connectivity index (χ1v) is 13.8. The Balaban J connectivity index is 1.42. The topological polar surface area (TPSA) is 217 Å². The molecule has 2 saturated heterocycles. The first-order chi connectivity index (χ1) is 17.8. The maximum absolute atomic E-state index is 13.0. The molecule has 37 heavy (non-hydrogen) atoms. The van der Waals surface area contributed by atoms with Crippen LogP contribution in [0.5, 0.6) is 0 Å². The van der Waals surface area contributed by atoms with Gasteiger partial charge in [0.25, 0.3) is 5.91 Å². The Morgan fingerprint density at radius 3 is 2.97 bits per heavy atom. The van der Waals surface area contributed by atoms with Gasteiger partial charge in [-0.2, -0.15) is 0 Å². The molecule has 0 spiro atoms. The SMILES string of the molecule is C=CCON=C(C(=O)NC1C(=O)N2CC(CSc3nnnn3CCN)(C(=O)O)CS[C@H]12)c1csc(N)n1. The summed E-state index contributed by atoms with van der Waals surface area (Å²) in [5.41, 5.74) is 10.1. The fraction of sp³-hybridized carbons (Fsp3) is 0.474. The standard InChI is InChI=1S/C19H24N10O5S3/c1-2-5-34-25-11(10-6-35-17(21)22-10)13(30)23-12-14(31)28-7-19(16(32)33,8-36-15(12)28)9-37-18-24-26-27-29(18)4-3-20/h2,6,12,15H,1,3-5,7-9,20H2,(H2,21,22)(H,23,30)(H,32,33)/t12?,15-,19?/m1/s1. The molecule has 198 valence electrons. The highest BCUT2D eigenvalue weighted by Gasteiger charge is 2.57. The van der Waals surface area contributed by atoms with Gasteiger partial charge in [-0.15, -0.1) is 28.2 Å². The van der Waals surface area contributed by atoms with Crippen LogP contribution < -0.4 is 16.8 Å². The summed E-state index contributed by atoms with van der Waals surface area (Å²) in [7, 11) is 0. The number of carbonyl (C=O) groups excluding carboxylic acids is 2. The third kappa shape index (κ3) is 5.55. The van der Waals surface area contributed by atoms with Gasteiger partial charge >= 0.3 is 5.97 Å². The molecule has 2 aromatic heterocycles. The molecular weight excluding hydrogens is 544 g/mol. The van der Waals surface area contributed by atoms with Crippen molar-refractivity contribution >= 4 is 63.5 Å². The van der Waals surface area contributed by atoms with Crippen LogP contribution in [0.4, 0.5) is 5.13 Å². The summed E-state index contributed by atoms with van der Waals surface area (Å²) in [4.78, 5) is 48.9. The molecule has 0 saturated carbocycles. The van der Waals surface area contributed by atoms with E-state index in [1.165, 1.54) is 39.2 Å². The Kier molecular flexibility index (Phi) is 8.30. The van der Waals surface area contributed by atoms with Crippen LogP contribution >= 0.6 is 34.9 Å². The molecule has 15 nitrogen and oxygen atoms in total. The zero-order chi connectivity index (χ0) is 26.6. The minimum absolute atomic E-state index is 0.0112. The molecule has 18 heteroatoms. The number of anilines is 1. The predicted molar refractivity (Wildman–Crippen MR) is 137 cm³/mol. The van der Waals surface area contributed by atoms with E-state index >= 15 is 0 Å². The Labute approximate surface area is 223 Å². The Morgan fingerprint density at radius 1 is 1.49 bits per heavy atom. The van der Waals surface area contributed by atoms with Gasteiger partial charge in [-0.05, 0) is 10.4 Å². The Bertz CT molecular complexity index is 1220. The maximum atomic E-state index is 13.0. The van der Waals surface area contributed by atoms with Crippen LogP contribution in [0.1, 0.15) is 5.69 Å². The molecule has 2 aliphatic rings. The number of nitrogens with zero attached hydrogens (tertiary/aromatic N) is 7. The number of aromatic nitrogens is 5. The van der Waals surface area contributed by atoms with Gasteiger partial charge in [-0.3, -0.25) is 14.4 Å². The Morgan fingerprint density at radius 2 is 2.30 bits per heavy atom. The number of aliphatic carboxylic acids is 1. The first-order valence-electron chi connectivity index (χ1n) is 10.9. The van der Waals surface area contributed by atoms with Crippen molar-refractivity contribution in [3.8, 4) is 0 Å². The van der Waals surface area contributed by atoms with E-state index in [4.69, 9.17) is 16.3 Å². The van der Waals surface area contributed by atoms with Crippen molar-refractivity contribution < 1.29 is 24.3 Å². The normalized spacial score (nSPS) is 23.2. The van der Waals surface area contributed by atoms with Crippen molar-refractivity contribution in [3.05, 3.63) is 23.7 Å². The molecule has 0 bridgehead atoms. The molecule has 0 aromatic carbocycles. The van der Waals surface area contributed by atoms with Crippen molar-refractivity contribution in [1.82, 2.24) is 35.4 Å². The number of hydrogen-bond acceptors (Lipinski definition) is 14. The highest BCUT2D eigenvalue weighted by atomic mass is 32.2. The number of nitrogens with two attached hydrogens (primary N) is 2. The van der Waals surface area contributed by atoms with E-state index in [0.717, 1.165) is 11.3 Å². The molecule has 2 fully saturated rings. The largest absolute Gasteiger partial charge is 0.481 e. The number of thiazole rings is 1. The van der Waals surface area contributed by atoms with Crippen LogP contribution in [0, 0.1) is 5.41 Å². The minimum atomic E-state index is -1.22. The number of carboxylic acids is 1. The summed E-state index contributed by atoms with van der Waals surface area (Å²) in [5.74, 6) is -1.71. The van der Waals surface area contributed by atoms with E-state index in [9.17, 15) is 19.5 Å². The third-order valence-electron chi connectivity index (χ3n) is 5.53. The Hall–Kier alpha value is -3.22. The van der Waals surface area contributed by atoms with Crippen molar-refractivity contribution in [2.45, 2.75) is 23.1 Å². The quantitative estimate of drug-likeness (QED) is 0.0594. The number of fused-ring (bicyclic) bond motifs is 1. The first kappa shape index (κ1) is 26.8. The van der Waals surface area contributed by atoms with Crippen molar-refractivity contribution in [1.29, 1.82) is 0 Å². The molecule has 6 N–H and O–H groups in total. The van der Waals surface area contributed by atoms with Gasteiger partial charge in [0.05, 0.1) is 6.54 Å². The van der Waals surface area contributed by atoms with Crippen LogP contribution in [0.25, 0.3) is 0 Å². The van der Waals surface area contributed by atoms with Crippen molar-refractivity contribution in [3.63, 3.8) is 0 Å². The highest BCUT2D eigenvalue weighted by molar-refractivity contribution is 8.00. The number of thioether (sulfide) groups is 2. The van der Waals surface area contributed by atoms with Gasteiger partial charge in [0.2, 0.25) is 11.1 Å². The highest BCUT2D eigenvalue weighted by Crippen LogP contribution is 2.44.